The highest BCUT2D eigenvalue weighted by atomic mass is 35.5. The van der Waals surface area contributed by atoms with Crippen molar-refractivity contribution in [2.24, 2.45) is 7.05 Å². The van der Waals surface area contributed by atoms with E-state index in [-0.39, 0.29) is 12.5 Å². The second kappa shape index (κ2) is 8.80. The van der Waals surface area contributed by atoms with Gasteiger partial charge < -0.3 is 19.4 Å². The number of benzene rings is 2. The average Bonchev–Trinajstić information content (AvgIpc) is 3.12. The highest BCUT2D eigenvalue weighted by Gasteiger charge is 2.21. The second-order valence-electron chi connectivity index (χ2n) is 6.37. The molecule has 1 heterocycles. The fourth-order valence-corrected chi connectivity index (χ4v) is 2.95. The molecule has 0 aliphatic carbocycles. The smallest absolute Gasteiger partial charge is 0.258 e. The molecule has 28 heavy (non-hydrogen) atoms. The van der Waals surface area contributed by atoms with Crippen LogP contribution < -0.4 is 14.8 Å². The largest absolute Gasteiger partial charge is 0.497 e. The first-order chi connectivity index (χ1) is 13.5. The molecule has 0 aliphatic heterocycles. The summed E-state index contributed by atoms with van der Waals surface area (Å²) in [6.07, 6.45) is 3.53. The van der Waals surface area contributed by atoms with Crippen LogP contribution in [0.5, 0.6) is 11.5 Å². The number of ether oxygens (including phenoxy) is 2. The number of amides is 1. The van der Waals surface area contributed by atoms with Gasteiger partial charge in [-0.1, -0.05) is 23.7 Å². The minimum Gasteiger partial charge on any atom is -0.497 e. The van der Waals surface area contributed by atoms with Crippen LogP contribution >= 0.6 is 11.6 Å². The highest BCUT2D eigenvalue weighted by molar-refractivity contribution is 6.31. The van der Waals surface area contributed by atoms with E-state index in [4.69, 9.17) is 21.1 Å². The van der Waals surface area contributed by atoms with Gasteiger partial charge in [-0.3, -0.25) is 4.79 Å². The number of hydrogen-bond donors (Lipinski definition) is 1. The molecule has 7 heteroatoms. The van der Waals surface area contributed by atoms with Gasteiger partial charge in [0.2, 0.25) is 0 Å². The summed E-state index contributed by atoms with van der Waals surface area (Å²) in [6, 6.07) is 12.4. The fourth-order valence-electron chi connectivity index (χ4n) is 2.83. The third kappa shape index (κ3) is 4.64. The third-order valence-electron chi connectivity index (χ3n) is 4.35. The molecule has 0 fully saturated rings. The molecule has 0 bridgehead atoms. The van der Waals surface area contributed by atoms with Crippen LogP contribution in [0.3, 0.4) is 0 Å². The van der Waals surface area contributed by atoms with Gasteiger partial charge in [-0.2, -0.15) is 0 Å². The van der Waals surface area contributed by atoms with Crippen molar-refractivity contribution in [3.63, 3.8) is 0 Å². The first-order valence-electron chi connectivity index (χ1n) is 8.77. The molecule has 2 aromatic carbocycles. The maximum absolute atomic E-state index is 12.6. The number of aromatic nitrogens is 2. The lowest BCUT2D eigenvalue weighted by Crippen LogP contribution is -2.34. The normalized spacial score (nSPS) is 11.7. The van der Waals surface area contributed by atoms with E-state index in [0.29, 0.717) is 22.3 Å². The van der Waals surface area contributed by atoms with Gasteiger partial charge in [-0.25, -0.2) is 4.98 Å². The van der Waals surface area contributed by atoms with Gasteiger partial charge in [0.15, 0.2) is 6.61 Å². The van der Waals surface area contributed by atoms with E-state index >= 15 is 0 Å². The van der Waals surface area contributed by atoms with Gasteiger partial charge in [0.25, 0.3) is 5.91 Å². The van der Waals surface area contributed by atoms with E-state index in [1.165, 1.54) is 0 Å². The first-order valence-corrected chi connectivity index (χ1v) is 9.15. The van der Waals surface area contributed by atoms with Crippen LogP contribution in [0, 0.1) is 6.92 Å². The molecule has 0 saturated heterocycles. The van der Waals surface area contributed by atoms with Crippen molar-refractivity contribution >= 4 is 17.5 Å². The molecule has 0 spiro atoms. The molecule has 1 aromatic heterocycles. The van der Waals surface area contributed by atoms with Gasteiger partial charge in [0.1, 0.15) is 23.4 Å². The molecule has 0 saturated carbocycles. The fraction of sp³-hybridized carbons (Fsp3) is 0.238. The minimum atomic E-state index is -0.432. The summed E-state index contributed by atoms with van der Waals surface area (Å²) < 4.78 is 12.8. The minimum absolute atomic E-state index is 0.119. The maximum Gasteiger partial charge on any atom is 0.258 e. The maximum atomic E-state index is 12.6. The van der Waals surface area contributed by atoms with Gasteiger partial charge in [0, 0.05) is 24.5 Å². The van der Waals surface area contributed by atoms with Crippen molar-refractivity contribution in [2.45, 2.75) is 13.0 Å². The number of aryl methyl sites for hydroxylation is 2. The Balaban J connectivity index is 1.76. The summed E-state index contributed by atoms with van der Waals surface area (Å²) in [5.41, 5.74) is 1.76. The van der Waals surface area contributed by atoms with E-state index in [9.17, 15) is 4.79 Å². The van der Waals surface area contributed by atoms with Crippen molar-refractivity contribution in [3.05, 3.63) is 76.8 Å². The summed E-state index contributed by atoms with van der Waals surface area (Å²) in [5.74, 6) is 1.75. The lowest BCUT2D eigenvalue weighted by atomic mass is 10.1. The van der Waals surface area contributed by atoms with Gasteiger partial charge in [-0.05, 0) is 48.4 Å². The van der Waals surface area contributed by atoms with Crippen LogP contribution in [-0.2, 0) is 11.8 Å². The topological polar surface area (TPSA) is 65.4 Å². The Kier molecular flexibility index (Phi) is 6.21. The standard InChI is InChI=1S/C21H22ClN3O3/c1-14-11-17(7-8-18(14)22)28-13-19(26)24-20(21-23-9-10-25(21)2)15-5-4-6-16(12-15)27-3/h4-12,20H,13H2,1-3H3,(H,24,26)/t20-/m0/s1. The Labute approximate surface area is 169 Å². The van der Waals surface area contributed by atoms with Crippen LogP contribution in [0.1, 0.15) is 23.0 Å². The van der Waals surface area contributed by atoms with Gasteiger partial charge in [0.05, 0.1) is 7.11 Å². The molecule has 3 aromatic rings. The third-order valence-corrected chi connectivity index (χ3v) is 4.77. The predicted octanol–water partition coefficient (Wildman–Crippen LogP) is 3.68. The van der Waals surface area contributed by atoms with Crippen molar-refractivity contribution in [1.82, 2.24) is 14.9 Å². The van der Waals surface area contributed by atoms with Crippen LogP contribution in [0.2, 0.25) is 5.02 Å². The number of rotatable bonds is 7. The number of nitrogens with zero attached hydrogens (tertiary/aromatic N) is 2. The summed E-state index contributed by atoms with van der Waals surface area (Å²) >= 11 is 6.02. The van der Waals surface area contributed by atoms with Crippen molar-refractivity contribution < 1.29 is 14.3 Å². The van der Waals surface area contributed by atoms with E-state index in [2.05, 4.69) is 10.3 Å². The lowest BCUT2D eigenvalue weighted by Gasteiger charge is -2.20. The number of halogens is 1. The zero-order valence-corrected chi connectivity index (χ0v) is 16.7. The highest BCUT2D eigenvalue weighted by Crippen LogP contribution is 2.24. The molecule has 0 aliphatic rings. The van der Waals surface area contributed by atoms with Crippen LogP contribution in [0.25, 0.3) is 0 Å². The number of carbonyl (C=O) groups excluding carboxylic acids is 1. The van der Waals surface area contributed by atoms with Gasteiger partial charge in [-0.15, -0.1) is 0 Å². The molecular weight excluding hydrogens is 378 g/mol. The Morgan fingerprint density at radius 3 is 2.75 bits per heavy atom. The van der Waals surface area contributed by atoms with E-state index < -0.39 is 6.04 Å². The Bertz CT molecular complexity index is 971. The quantitative estimate of drug-likeness (QED) is 0.658. The van der Waals surface area contributed by atoms with Gasteiger partial charge >= 0.3 is 0 Å². The molecule has 6 nitrogen and oxygen atoms in total. The van der Waals surface area contributed by atoms with Crippen molar-refractivity contribution in [1.29, 1.82) is 0 Å². The Morgan fingerprint density at radius 1 is 1.25 bits per heavy atom. The van der Waals surface area contributed by atoms with Crippen LogP contribution in [0.4, 0.5) is 0 Å². The summed E-state index contributed by atoms with van der Waals surface area (Å²) in [6.45, 7) is 1.77. The lowest BCUT2D eigenvalue weighted by molar-refractivity contribution is -0.123. The average molecular weight is 400 g/mol. The van der Waals surface area contributed by atoms with E-state index in [1.54, 1.807) is 31.5 Å². The molecule has 0 unspecified atom stereocenters. The summed E-state index contributed by atoms with van der Waals surface area (Å²) in [4.78, 5) is 17.0. The monoisotopic (exact) mass is 399 g/mol. The molecule has 1 atom stereocenters. The molecule has 0 radical (unpaired) electrons. The number of imidazole rings is 1. The van der Waals surface area contributed by atoms with E-state index in [1.807, 2.05) is 49.0 Å². The van der Waals surface area contributed by atoms with E-state index in [0.717, 1.165) is 11.1 Å². The SMILES string of the molecule is COc1cccc([C@H](NC(=O)COc2ccc(Cl)c(C)c2)c2nccn2C)c1. The molecule has 1 amide bonds. The zero-order chi connectivity index (χ0) is 20.1. The molecule has 1 N–H and O–H groups in total. The predicted molar refractivity (Wildman–Crippen MR) is 108 cm³/mol. The molecular formula is C21H22ClN3O3. The molecule has 3 rings (SSSR count). The number of nitrogens with one attached hydrogen (secondary N) is 1. The Hall–Kier alpha value is -2.99. The van der Waals surface area contributed by atoms with Crippen molar-refractivity contribution in [2.75, 3.05) is 13.7 Å². The summed E-state index contributed by atoms with van der Waals surface area (Å²) in [7, 11) is 3.49. The summed E-state index contributed by atoms with van der Waals surface area (Å²) in [5, 5.41) is 3.65. The number of methoxy groups -OCH3 is 1. The van der Waals surface area contributed by atoms with Crippen molar-refractivity contribution in [3.8, 4) is 11.5 Å². The van der Waals surface area contributed by atoms with Crippen LogP contribution in [-0.4, -0.2) is 29.2 Å². The number of carbonyl (C=O) groups is 1. The first kappa shape index (κ1) is 19.8. The second-order valence-corrected chi connectivity index (χ2v) is 6.78. The zero-order valence-electron chi connectivity index (χ0n) is 16.0. The number of hydrogen-bond acceptors (Lipinski definition) is 4. The van der Waals surface area contributed by atoms with Crippen LogP contribution in [0.15, 0.2) is 54.9 Å². The molecule has 146 valence electrons. The Morgan fingerprint density at radius 2 is 2.07 bits per heavy atom.